The third-order valence-electron chi connectivity index (χ3n) is 2.39. The molecule has 0 fully saturated rings. The van der Waals surface area contributed by atoms with E-state index in [4.69, 9.17) is 5.73 Å². The molecule has 0 aliphatic rings. The van der Waals surface area contributed by atoms with Crippen LogP contribution in [0, 0.1) is 19.7 Å². The van der Waals surface area contributed by atoms with Crippen molar-refractivity contribution in [1.29, 1.82) is 0 Å². The van der Waals surface area contributed by atoms with Gasteiger partial charge in [0.15, 0.2) is 0 Å². The Morgan fingerprint density at radius 3 is 2.57 bits per heavy atom. The summed E-state index contributed by atoms with van der Waals surface area (Å²) in [5, 5.41) is 0. The molecule has 1 nitrogen and oxygen atoms in total. The fraction of sp³-hybridized carbons (Fsp3) is 0.455. The first-order valence-electron chi connectivity index (χ1n) is 4.63. The lowest BCUT2D eigenvalue weighted by Gasteiger charge is -2.13. The Morgan fingerprint density at radius 1 is 1.50 bits per heavy atom. The standard InChI is InChI=1S/C11H15BrFN/c1-6-4-10(12)11(13)9(8(6)3)5-7(2)14/h4,7H,5,14H2,1-3H3. The molecule has 2 N–H and O–H groups in total. The summed E-state index contributed by atoms with van der Waals surface area (Å²) in [6, 6.07) is 1.78. The summed E-state index contributed by atoms with van der Waals surface area (Å²) < 4.78 is 14.2. The highest BCUT2D eigenvalue weighted by atomic mass is 79.9. The molecule has 0 aliphatic carbocycles. The highest BCUT2D eigenvalue weighted by Crippen LogP contribution is 2.26. The van der Waals surface area contributed by atoms with Crippen molar-refractivity contribution in [3.8, 4) is 0 Å². The van der Waals surface area contributed by atoms with Gasteiger partial charge in [0.1, 0.15) is 5.82 Å². The molecule has 0 spiro atoms. The molecular formula is C11H15BrFN. The Balaban J connectivity index is 3.25. The van der Waals surface area contributed by atoms with E-state index in [0.29, 0.717) is 10.9 Å². The maximum atomic E-state index is 13.7. The van der Waals surface area contributed by atoms with Gasteiger partial charge in [-0.3, -0.25) is 0 Å². The predicted molar refractivity (Wildman–Crippen MR) is 60.9 cm³/mol. The van der Waals surface area contributed by atoms with Crippen LogP contribution in [0.4, 0.5) is 4.39 Å². The van der Waals surface area contributed by atoms with Gasteiger partial charge < -0.3 is 5.73 Å². The molecule has 78 valence electrons. The van der Waals surface area contributed by atoms with E-state index in [-0.39, 0.29) is 11.9 Å². The molecule has 0 saturated heterocycles. The van der Waals surface area contributed by atoms with Gasteiger partial charge in [-0.2, -0.15) is 0 Å². The minimum atomic E-state index is -0.176. The highest BCUT2D eigenvalue weighted by molar-refractivity contribution is 9.10. The summed E-state index contributed by atoms with van der Waals surface area (Å²) >= 11 is 3.21. The Labute approximate surface area is 92.6 Å². The quantitative estimate of drug-likeness (QED) is 0.868. The zero-order valence-electron chi connectivity index (χ0n) is 8.70. The zero-order chi connectivity index (χ0) is 10.9. The maximum Gasteiger partial charge on any atom is 0.140 e. The molecule has 0 saturated carbocycles. The van der Waals surface area contributed by atoms with E-state index in [2.05, 4.69) is 15.9 Å². The van der Waals surface area contributed by atoms with Crippen molar-refractivity contribution >= 4 is 15.9 Å². The summed E-state index contributed by atoms with van der Waals surface area (Å²) in [5.41, 5.74) is 8.50. The third-order valence-corrected chi connectivity index (χ3v) is 2.97. The fourth-order valence-corrected chi connectivity index (χ4v) is 2.06. The first-order chi connectivity index (χ1) is 6.43. The van der Waals surface area contributed by atoms with Crippen LogP contribution >= 0.6 is 15.9 Å². The second kappa shape index (κ2) is 4.41. The topological polar surface area (TPSA) is 26.0 Å². The lowest BCUT2D eigenvalue weighted by molar-refractivity contribution is 0.587. The van der Waals surface area contributed by atoms with Gasteiger partial charge in [-0.05, 0) is 65.9 Å². The monoisotopic (exact) mass is 259 g/mol. The van der Waals surface area contributed by atoms with Crippen molar-refractivity contribution in [2.45, 2.75) is 33.2 Å². The SMILES string of the molecule is Cc1cc(Br)c(F)c(CC(C)N)c1C. The third kappa shape index (κ3) is 2.34. The molecule has 1 atom stereocenters. The maximum absolute atomic E-state index is 13.7. The molecule has 0 bridgehead atoms. The van der Waals surface area contributed by atoms with Gasteiger partial charge in [0.2, 0.25) is 0 Å². The summed E-state index contributed by atoms with van der Waals surface area (Å²) in [5.74, 6) is -0.176. The largest absolute Gasteiger partial charge is 0.328 e. The summed E-state index contributed by atoms with van der Waals surface area (Å²) in [7, 11) is 0. The predicted octanol–water partition coefficient (Wildman–Crippen LogP) is 3.09. The van der Waals surface area contributed by atoms with Crippen molar-refractivity contribution in [2.24, 2.45) is 5.73 Å². The Hall–Kier alpha value is -0.410. The van der Waals surface area contributed by atoms with Gasteiger partial charge in [-0.1, -0.05) is 0 Å². The summed E-state index contributed by atoms with van der Waals surface area (Å²) in [6.45, 7) is 5.79. The molecule has 0 amide bonds. The van der Waals surface area contributed by atoms with Crippen LogP contribution in [-0.2, 0) is 6.42 Å². The van der Waals surface area contributed by atoms with Crippen molar-refractivity contribution in [2.75, 3.05) is 0 Å². The summed E-state index contributed by atoms with van der Waals surface area (Å²) in [6.07, 6.45) is 0.581. The molecule has 0 aliphatic heterocycles. The van der Waals surface area contributed by atoms with Crippen LogP contribution in [0.3, 0.4) is 0 Å². The van der Waals surface area contributed by atoms with Crippen LogP contribution in [0.25, 0.3) is 0 Å². The van der Waals surface area contributed by atoms with E-state index in [1.807, 2.05) is 20.8 Å². The summed E-state index contributed by atoms with van der Waals surface area (Å²) in [4.78, 5) is 0. The van der Waals surface area contributed by atoms with E-state index in [0.717, 1.165) is 16.7 Å². The second-order valence-corrected chi connectivity index (χ2v) is 4.63. The van der Waals surface area contributed by atoms with Gasteiger partial charge in [0.05, 0.1) is 4.47 Å². The number of nitrogens with two attached hydrogens (primary N) is 1. The molecule has 0 radical (unpaired) electrons. The molecule has 1 aromatic rings. The molecule has 0 heterocycles. The first-order valence-corrected chi connectivity index (χ1v) is 5.42. The lowest BCUT2D eigenvalue weighted by Crippen LogP contribution is -2.19. The van der Waals surface area contributed by atoms with E-state index >= 15 is 0 Å². The Morgan fingerprint density at radius 2 is 2.07 bits per heavy atom. The van der Waals surface area contributed by atoms with Crippen molar-refractivity contribution in [3.05, 3.63) is 33.0 Å². The fourth-order valence-electron chi connectivity index (χ4n) is 1.47. The van der Waals surface area contributed by atoms with Crippen LogP contribution < -0.4 is 5.73 Å². The molecule has 1 unspecified atom stereocenters. The van der Waals surface area contributed by atoms with Gasteiger partial charge in [0, 0.05) is 6.04 Å². The van der Waals surface area contributed by atoms with E-state index in [1.165, 1.54) is 0 Å². The molecule has 14 heavy (non-hydrogen) atoms. The van der Waals surface area contributed by atoms with Crippen LogP contribution in [0.15, 0.2) is 10.5 Å². The number of halogens is 2. The number of hydrogen-bond acceptors (Lipinski definition) is 1. The van der Waals surface area contributed by atoms with Crippen molar-refractivity contribution in [1.82, 2.24) is 0 Å². The van der Waals surface area contributed by atoms with Crippen LogP contribution in [0.1, 0.15) is 23.6 Å². The minimum absolute atomic E-state index is 0.0168. The number of aryl methyl sites for hydroxylation is 1. The molecule has 1 aromatic carbocycles. The average molecular weight is 260 g/mol. The van der Waals surface area contributed by atoms with Crippen LogP contribution in [0.2, 0.25) is 0 Å². The van der Waals surface area contributed by atoms with E-state index in [9.17, 15) is 4.39 Å². The van der Waals surface area contributed by atoms with Gasteiger partial charge in [0.25, 0.3) is 0 Å². The van der Waals surface area contributed by atoms with Crippen LogP contribution in [-0.4, -0.2) is 6.04 Å². The second-order valence-electron chi connectivity index (χ2n) is 3.77. The molecule has 3 heteroatoms. The van der Waals surface area contributed by atoms with Gasteiger partial charge in [-0.15, -0.1) is 0 Å². The van der Waals surface area contributed by atoms with Crippen LogP contribution in [0.5, 0.6) is 0 Å². The van der Waals surface area contributed by atoms with Gasteiger partial charge >= 0.3 is 0 Å². The molecule has 0 aromatic heterocycles. The highest BCUT2D eigenvalue weighted by Gasteiger charge is 2.13. The van der Waals surface area contributed by atoms with E-state index < -0.39 is 0 Å². The minimum Gasteiger partial charge on any atom is -0.328 e. The Kier molecular flexibility index (Phi) is 3.67. The van der Waals surface area contributed by atoms with Crippen molar-refractivity contribution in [3.63, 3.8) is 0 Å². The van der Waals surface area contributed by atoms with Gasteiger partial charge in [-0.25, -0.2) is 4.39 Å². The number of rotatable bonds is 2. The number of hydrogen-bond donors (Lipinski definition) is 1. The smallest absolute Gasteiger partial charge is 0.140 e. The Bertz CT molecular complexity index is 321. The zero-order valence-corrected chi connectivity index (χ0v) is 10.3. The number of benzene rings is 1. The first kappa shape index (κ1) is 11.7. The van der Waals surface area contributed by atoms with E-state index in [1.54, 1.807) is 6.07 Å². The normalized spacial score (nSPS) is 13.0. The average Bonchev–Trinajstić information content (AvgIpc) is 2.09. The lowest BCUT2D eigenvalue weighted by atomic mass is 9.98. The van der Waals surface area contributed by atoms with Crippen molar-refractivity contribution < 1.29 is 4.39 Å². The molecule has 1 rings (SSSR count). The molecular weight excluding hydrogens is 245 g/mol.